The normalized spacial score (nSPS) is 12.2. The Morgan fingerprint density at radius 1 is 1.26 bits per heavy atom. The SMILES string of the molecule is CCCc1cc(NC(C)c2cccc(Br)c2)ncn1. The van der Waals surface area contributed by atoms with Gasteiger partial charge in [0, 0.05) is 22.3 Å². The van der Waals surface area contributed by atoms with Crippen LogP contribution in [0.2, 0.25) is 0 Å². The lowest BCUT2D eigenvalue weighted by Gasteiger charge is -2.15. The summed E-state index contributed by atoms with van der Waals surface area (Å²) in [4.78, 5) is 8.54. The standard InChI is InChI=1S/C15H18BrN3/c1-3-5-14-9-15(18-10-17-14)19-11(2)12-6-4-7-13(16)8-12/h4,6-11H,3,5H2,1-2H3,(H,17,18,19). The zero-order chi connectivity index (χ0) is 13.7. The minimum atomic E-state index is 0.210. The Morgan fingerprint density at radius 2 is 2.11 bits per heavy atom. The number of anilines is 1. The Morgan fingerprint density at radius 3 is 2.84 bits per heavy atom. The van der Waals surface area contributed by atoms with Crippen molar-refractivity contribution in [3.63, 3.8) is 0 Å². The first kappa shape index (κ1) is 14.0. The van der Waals surface area contributed by atoms with Crippen molar-refractivity contribution in [2.75, 3.05) is 5.32 Å². The third-order valence-electron chi connectivity index (χ3n) is 2.94. The largest absolute Gasteiger partial charge is 0.363 e. The maximum Gasteiger partial charge on any atom is 0.130 e. The van der Waals surface area contributed by atoms with Gasteiger partial charge in [-0.15, -0.1) is 0 Å². The van der Waals surface area contributed by atoms with Crippen LogP contribution in [0.4, 0.5) is 5.82 Å². The van der Waals surface area contributed by atoms with Gasteiger partial charge in [0.1, 0.15) is 12.1 Å². The van der Waals surface area contributed by atoms with Crippen molar-refractivity contribution in [3.8, 4) is 0 Å². The van der Waals surface area contributed by atoms with Gasteiger partial charge in [-0.25, -0.2) is 9.97 Å². The number of aryl methyl sites for hydroxylation is 1. The second kappa shape index (κ2) is 6.66. The summed E-state index contributed by atoms with van der Waals surface area (Å²) in [5, 5.41) is 3.41. The van der Waals surface area contributed by atoms with Crippen molar-refractivity contribution >= 4 is 21.7 Å². The number of nitrogens with zero attached hydrogens (tertiary/aromatic N) is 2. The number of benzene rings is 1. The molecule has 0 aliphatic carbocycles. The molecular weight excluding hydrogens is 302 g/mol. The van der Waals surface area contributed by atoms with Crippen molar-refractivity contribution < 1.29 is 0 Å². The van der Waals surface area contributed by atoms with E-state index < -0.39 is 0 Å². The smallest absolute Gasteiger partial charge is 0.130 e. The van der Waals surface area contributed by atoms with Gasteiger partial charge >= 0.3 is 0 Å². The van der Waals surface area contributed by atoms with E-state index in [1.165, 1.54) is 5.56 Å². The summed E-state index contributed by atoms with van der Waals surface area (Å²) in [6, 6.07) is 10.5. The molecule has 0 aliphatic heterocycles. The monoisotopic (exact) mass is 319 g/mol. The molecule has 0 amide bonds. The highest BCUT2D eigenvalue weighted by Crippen LogP contribution is 2.21. The van der Waals surface area contributed by atoms with Crippen LogP contribution >= 0.6 is 15.9 Å². The molecule has 1 heterocycles. The van der Waals surface area contributed by atoms with E-state index in [1.54, 1.807) is 6.33 Å². The van der Waals surface area contributed by atoms with E-state index in [-0.39, 0.29) is 6.04 Å². The zero-order valence-corrected chi connectivity index (χ0v) is 12.8. The lowest BCUT2D eigenvalue weighted by Crippen LogP contribution is -2.08. The van der Waals surface area contributed by atoms with Gasteiger partial charge in [-0.2, -0.15) is 0 Å². The molecule has 4 heteroatoms. The average Bonchev–Trinajstić information content (AvgIpc) is 2.39. The summed E-state index contributed by atoms with van der Waals surface area (Å²) in [7, 11) is 0. The first-order chi connectivity index (χ1) is 9.19. The molecule has 0 spiro atoms. The molecular formula is C15H18BrN3. The molecule has 1 aromatic carbocycles. The Hall–Kier alpha value is -1.42. The average molecular weight is 320 g/mol. The summed E-state index contributed by atoms with van der Waals surface area (Å²) in [6.07, 6.45) is 3.71. The fourth-order valence-corrected chi connectivity index (χ4v) is 2.37. The van der Waals surface area contributed by atoms with E-state index in [0.29, 0.717) is 0 Å². The zero-order valence-electron chi connectivity index (χ0n) is 11.2. The lowest BCUT2D eigenvalue weighted by atomic mass is 10.1. The van der Waals surface area contributed by atoms with Crippen LogP contribution in [0.3, 0.4) is 0 Å². The van der Waals surface area contributed by atoms with E-state index in [0.717, 1.165) is 28.8 Å². The predicted molar refractivity (Wildman–Crippen MR) is 82.2 cm³/mol. The summed E-state index contributed by atoms with van der Waals surface area (Å²) in [5.74, 6) is 0.880. The summed E-state index contributed by atoms with van der Waals surface area (Å²) < 4.78 is 1.09. The molecule has 1 atom stereocenters. The van der Waals surface area contributed by atoms with Crippen LogP contribution < -0.4 is 5.32 Å². The fraction of sp³-hybridized carbons (Fsp3) is 0.333. The number of hydrogen-bond donors (Lipinski definition) is 1. The van der Waals surface area contributed by atoms with E-state index in [4.69, 9.17) is 0 Å². The molecule has 19 heavy (non-hydrogen) atoms. The maximum atomic E-state index is 4.28. The first-order valence-corrected chi connectivity index (χ1v) is 7.31. The quantitative estimate of drug-likeness (QED) is 0.889. The second-order valence-electron chi connectivity index (χ2n) is 4.57. The molecule has 2 aromatic rings. The van der Waals surface area contributed by atoms with Crippen LogP contribution in [0.15, 0.2) is 41.1 Å². The van der Waals surface area contributed by atoms with Gasteiger partial charge in [0.05, 0.1) is 0 Å². The highest BCUT2D eigenvalue weighted by atomic mass is 79.9. The molecule has 0 saturated heterocycles. The Bertz CT molecular complexity index is 542. The molecule has 0 bridgehead atoms. The third kappa shape index (κ3) is 4.03. The number of aromatic nitrogens is 2. The van der Waals surface area contributed by atoms with Crippen molar-refractivity contribution in [1.29, 1.82) is 0 Å². The van der Waals surface area contributed by atoms with Crippen LogP contribution in [0.25, 0.3) is 0 Å². The molecule has 0 saturated carbocycles. The van der Waals surface area contributed by atoms with E-state index in [2.05, 4.69) is 57.2 Å². The minimum absolute atomic E-state index is 0.210. The first-order valence-electron chi connectivity index (χ1n) is 6.52. The highest BCUT2D eigenvalue weighted by molar-refractivity contribution is 9.10. The van der Waals surface area contributed by atoms with Crippen LogP contribution in [0.5, 0.6) is 0 Å². The third-order valence-corrected chi connectivity index (χ3v) is 3.44. The molecule has 1 aromatic heterocycles. The van der Waals surface area contributed by atoms with E-state index >= 15 is 0 Å². The predicted octanol–water partition coefficient (Wildman–Crippen LogP) is 4.36. The molecule has 1 unspecified atom stereocenters. The Labute approximate surface area is 122 Å². The molecule has 1 N–H and O–H groups in total. The summed E-state index contributed by atoms with van der Waals surface area (Å²) >= 11 is 3.49. The summed E-state index contributed by atoms with van der Waals surface area (Å²) in [5.41, 5.74) is 2.31. The molecule has 3 nitrogen and oxygen atoms in total. The number of halogens is 1. The second-order valence-corrected chi connectivity index (χ2v) is 5.48. The van der Waals surface area contributed by atoms with Gasteiger partial charge in [0.15, 0.2) is 0 Å². The minimum Gasteiger partial charge on any atom is -0.363 e. The Balaban J connectivity index is 2.10. The van der Waals surface area contributed by atoms with Crippen LogP contribution in [-0.4, -0.2) is 9.97 Å². The van der Waals surface area contributed by atoms with Gasteiger partial charge in [-0.05, 0) is 31.0 Å². The van der Waals surface area contributed by atoms with Crippen LogP contribution in [-0.2, 0) is 6.42 Å². The van der Waals surface area contributed by atoms with Gasteiger partial charge in [0.2, 0.25) is 0 Å². The van der Waals surface area contributed by atoms with Crippen molar-refractivity contribution in [3.05, 3.63) is 52.4 Å². The molecule has 0 aliphatic rings. The van der Waals surface area contributed by atoms with Crippen molar-refractivity contribution in [2.24, 2.45) is 0 Å². The molecule has 0 fully saturated rings. The molecule has 0 radical (unpaired) electrons. The van der Waals surface area contributed by atoms with E-state index in [9.17, 15) is 0 Å². The Kier molecular flexibility index (Phi) is 4.91. The number of hydrogen-bond acceptors (Lipinski definition) is 3. The maximum absolute atomic E-state index is 4.28. The van der Waals surface area contributed by atoms with Gasteiger partial charge in [-0.1, -0.05) is 41.4 Å². The summed E-state index contributed by atoms with van der Waals surface area (Å²) in [6.45, 7) is 4.28. The molecule has 2 rings (SSSR count). The van der Waals surface area contributed by atoms with E-state index in [1.807, 2.05) is 18.2 Å². The lowest BCUT2D eigenvalue weighted by molar-refractivity contribution is 0.848. The van der Waals surface area contributed by atoms with Crippen molar-refractivity contribution in [2.45, 2.75) is 32.7 Å². The van der Waals surface area contributed by atoms with Gasteiger partial charge in [-0.3, -0.25) is 0 Å². The highest BCUT2D eigenvalue weighted by Gasteiger charge is 2.07. The number of rotatable bonds is 5. The number of nitrogens with one attached hydrogen (secondary N) is 1. The fourth-order valence-electron chi connectivity index (χ4n) is 1.95. The molecule has 100 valence electrons. The van der Waals surface area contributed by atoms with Crippen LogP contribution in [0.1, 0.15) is 37.6 Å². The van der Waals surface area contributed by atoms with Crippen molar-refractivity contribution in [1.82, 2.24) is 9.97 Å². The van der Waals surface area contributed by atoms with Gasteiger partial charge < -0.3 is 5.32 Å². The topological polar surface area (TPSA) is 37.8 Å². The van der Waals surface area contributed by atoms with Crippen LogP contribution in [0, 0.1) is 0 Å². The van der Waals surface area contributed by atoms with Gasteiger partial charge in [0.25, 0.3) is 0 Å².